The van der Waals surface area contributed by atoms with E-state index >= 15 is 0 Å². The van der Waals surface area contributed by atoms with Gasteiger partial charge in [-0.05, 0) is 84.1 Å². The molecule has 2 aliphatic rings. The first-order chi connectivity index (χ1) is 18.0. The summed E-state index contributed by atoms with van der Waals surface area (Å²) in [5, 5.41) is 10.3. The molecule has 0 radical (unpaired) electrons. The molecule has 0 N–H and O–H groups in total. The normalized spacial score (nSPS) is 21.9. The van der Waals surface area contributed by atoms with E-state index in [1.807, 2.05) is 30.6 Å². The first kappa shape index (κ1) is 27.0. The Morgan fingerprint density at radius 2 is 1.86 bits per heavy atom. The van der Waals surface area contributed by atoms with Crippen molar-refractivity contribution in [2.24, 2.45) is 17.8 Å². The molecule has 4 heteroatoms. The summed E-state index contributed by atoms with van der Waals surface area (Å²) >= 11 is 0. The maximum absolute atomic E-state index is 14.4. The lowest BCUT2D eigenvalue weighted by molar-refractivity contribution is 0.225. The number of rotatable bonds is 9. The summed E-state index contributed by atoms with van der Waals surface area (Å²) < 4.78 is 14.4. The largest absolute Gasteiger partial charge is 0.237 e. The first-order valence-electron chi connectivity index (χ1n) is 14.0. The van der Waals surface area contributed by atoms with Gasteiger partial charge in [-0.25, -0.2) is 14.4 Å². The molecule has 1 heterocycles. The zero-order valence-corrected chi connectivity index (χ0v) is 22.4. The third-order valence-electron chi connectivity index (χ3n) is 8.91. The maximum Gasteiger partial charge on any atom is 0.156 e. The van der Waals surface area contributed by atoms with Crippen molar-refractivity contribution in [3.63, 3.8) is 0 Å². The van der Waals surface area contributed by atoms with Crippen LogP contribution in [-0.4, -0.2) is 9.97 Å². The topological polar surface area (TPSA) is 49.6 Å². The molecule has 2 aromatic rings. The number of fused-ring (bicyclic) bond motifs is 1. The molecule has 0 amide bonds. The molecule has 0 saturated heterocycles. The van der Waals surface area contributed by atoms with Crippen LogP contribution in [0.1, 0.15) is 106 Å². The molecule has 4 rings (SSSR count). The van der Waals surface area contributed by atoms with E-state index in [2.05, 4.69) is 33.1 Å². The predicted molar refractivity (Wildman–Crippen MR) is 150 cm³/mol. The van der Waals surface area contributed by atoms with Crippen LogP contribution in [0.2, 0.25) is 0 Å². The van der Waals surface area contributed by atoms with Crippen LogP contribution in [0, 0.1) is 34.9 Å². The fourth-order valence-corrected chi connectivity index (χ4v) is 6.64. The second-order valence-corrected chi connectivity index (χ2v) is 11.0. The number of allylic oxidation sites excluding steroid dienone is 4. The lowest BCUT2D eigenvalue weighted by atomic mass is 9.71. The fraction of sp³-hybridized carbons (Fsp3) is 0.485. The van der Waals surface area contributed by atoms with Gasteiger partial charge in [0.1, 0.15) is 11.9 Å². The van der Waals surface area contributed by atoms with Crippen molar-refractivity contribution in [3.05, 3.63) is 84.2 Å². The van der Waals surface area contributed by atoms with Gasteiger partial charge in [-0.15, -0.1) is 13.2 Å². The van der Waals surface area contributed by atoms with Crippen LogP contribution in [0.5, 0.6) is 0 Å². The third kappa shape index (κ3) is 5.93. The van der Waals surface area contributed by atoms with Crippen LogP contribution < -0.4 is 0 Å². The highest BCUT2D eigenvalue weighted by Crippen LogP contribution is 2.48. The molecule has 2 aliphatic carbocycles. The van der Waals surface area contributed by atoms with Crippen LogP contribution in [-0.2, 0) is 0 Å². The second-order valence-electron chi connectivity index (χ2n) is 11.0. The van der Waals surface area contributed by atoms with Crippen LogP contribution in [0.15, 0.2) is 55.9 Å². The number of aromatic nitrogens is 2. The minimum atomic E-state index is -0.313. The molecule has 1 aromatic heterocycles. The Labute approximate surface area is 222 Å². The van der Waals surface area contributed by atoms with Gasteiger partial charge >= 0.3 is 0 Å². The fourth-order valence-electron chi connectivity index (χ4n) is 6.64. The summed E-state index contributed by atoms with van der Waals surface area (Å²) in [4.78, 5) is 9.65. The zero-order chi connectivity index (χ0) is 26.4. The highest BCUT2D eigenvalue weighted by atomic mass is 19.1. The highest BCUT2D eigenvalue weighted by molar-refractivity contribution is 5.97. The predicted octanol–water partition coefficient (Wildman–Crippen LogP) is 9.02. The van der Waals surface area contributed by atoms with Crippen molar-refractivity contribution in [1.82, 2.24) is 9.97 Å². The quantitative estimate of drug-likeness (QED) is 0.325. The lowest BCUT2D eigenvalue weighted by Crippen LogP contribution is -2.23. The van der Waals surface area contributed by atoms with Crippen LogP contribution in [0.4, 0.5) is 4.39 Å². The Kier molecular flexibility index (Phi) is 9.09. The highest BCUT2D eigenvalue weighted by Gasteiger charge is 2.36. The van der Waals surface area contributed by atoms with Crippen molar-refractivity contribution in [2.45, 2.75) is 83.5 Å². The standard InChI is InChI=1S/C33H40FN3/c1-5-7-12-24(11-6-2)22(3)26-20-36-33(37-21-26)31-18-29(25-13-9-8-10-14-25)23(4)28-16-15-27(34)17-30(28)32(31)19-35/h5-6,15-17,20-25,29H,1-2,7-14,18H2,3-4H3. The van der Waals surface area contributed by atoms with Gasteiger partial charge in [0.05, 0.1) is 5.57 Å². The maximum atomic E-state index is 14.4. The number of nitrogens with zero attached hydrogens (tertiary/aromatic N) is 3. The second kappa shape index (κ2) is 12.5. The minimum absolute atomic E-state index is 0.239. The van der Waals surface area contributed by atoms with Crippen molar-refractivity contribution < 1.29 is 4.39 Å². The van der Waals surface area contributed by atoms with E-state index in [1.165, 1.54) is 44.2 Å². The monoisotopic (exact) mass is 497 g/mol. The molecule has 1 saturated carbocycles. The molecular weight excluding hydrogens is 457 g/mol. The van der Waals surface area contributed by atoms with Crippen LogP contribution in [0.3, 0.4) is 0 Å². The Bertz CT molecular complexity index is 1170. The number of hydrogen-bond donors (Lipinski definition) is 0. The van der Waals surface area contributed by atoms with Gasteiger partial charge in [-0.1, -0.05) is 64.2 Å². The summed E-state index contributed by atoms with van der Waals surface area (Å²) in [6.07, 6.45) is 17.8. The molecule has 4 unspecified atom stereocenters. The third-order valence-corrected chi connectivity index (χ3v) is 8.91. The van der Waals surface area contributed by atoms with E-state index in [-0.39, 0.29) is 17.7 Å². The molecule has 0 bridgehead atoms. The van der Waals surface area contributed by atoms with Crippen LogP contribution >= 0.6 is 0 Å². The average molecular weight is 498 g/mol. The molecular formula is C33H40FN3. The first-order valence-corrected chi connectivity index (χ1v) is 14.0. The number of nitriles is 1. The average Bonchev–Trinajstić information content (AvgIpc) is 3.05. The Morgan fingerprint density at radius 3 is 2.51 bits per heavy atom. The summed E-state index contributed by atoms with van der Waals surface area (Å²) in [7, 11) is 0. The molecule has 3 nitrogen and oxygen atoms in total. The molecule has 194 valence electrons. The number of hydrogen-bond acceptors (Lipinski definition) is 3. The smallest absolute Gasteiger partial charge is 0.156 e. The molecule has 1 aromatic carbocycles. The van der Waals surface area contributed by atoms with Gasteiger partial charge in [-0.2, -0.15) is 5.26 Å². The Hall–Kier alpha value is -3.06. The van der Waals surface area contributed by atoms with Crippen molar-refractivity contribution >= 4 is 11.1 Å². The van der Waals surface area contributed by atoms with Gasteiger partial charge in [0.15, 0.2) is 5.82 Å². The van der Waals surface area contributed by atoms with Gasteiger partial charge in [0.2, 0.25) is 0 Å². The summed E-state index contributed by atoms with van der Waals surface area (Å²) in [6, 6.07) is 7.38. The van der Waals surface area contributed by atoms with E-state index in [1.54, 1.807) is 0 Å². The molecule has 0 aliphatic heterocycles. The Balaban J connectivity index is 1.74. The molecule has 37 heavy (non-hydrogen) atoms. The van der Waals surface area contributed by atoms with E-state index < -0.39 is 0 Å². The van der Waals surface area contributed by atoms with Crippen molar-refractivity contribution in [3.8, 4) is 6.07 Å². The zero-order valence-electron chi connectivity index (χ0n) is 22.4. The number of benzene rings is 1. The van der Waals surface area contributed by atoms with E-state index in [9.17, 15) is 9.65 Å². The number of halogens is 1. The molecule has 4 atom stereocenters. The van der Waals surface area contributed by atoms with Gasteiger partial charge < -0.3 is 0 Å². The molecule has 1 fully saturated rings. The summed E-state index contributed by atoms with van der Waals surface area (Å²) in [5.74, 6) is 2.24. The summed E-state index contributed by atoms with van der Waals surface area (Å²) in [5.41, 5.74) is 4.26. The van der Waals surface area contributed by atoms with Crippen LogP contribution in [0.25, 0.3) is 11.1 Å². The van der Waals surface area contributed by atoms with Crippen molar-refractivity contribution in [2.75, 3.05) is 0 Å². The SMILES string of the molecule is C=CCCC(CC=C)C(C)c1cnc(C2=C(C#N)c3cc(F)ccc3C(C)C(C3CCCCC3)C2)nc1. The van der Waals surface area contributed by atoms with Gasteiger partial charge in [-0.3, -0.25) is 0 Å². The lowest BCUT2D eigenvalue weighted by Gasteiger charge is -2.34. The van der Waals surface area contributed by atoms with Gasteiger partial charge in [0, 0.05) is 18.0 Å². The van der Waals surface area contributed by atoms with E-state index in [0.717, 1.165) is 42.4 Å². The van der Waals surface area contributed by atoms with Crippen molar-refractivity contribution in [1.29, 1.82) is 5.26 Å². The molecule has 0 spiro atoms. The van der Waals surface area contributed by atoms with E-state index in [4.69, 9.17) is 9.97 Å². The van der Waals surface area contributed by atoms with Gasteiger partial charge in [0.25, 0.3) is 0 Å². The van der Waals surface area contributed by atoms with E-state index in [0.29, 0.717) is 34.7 Å². The minimum Gasteiger partial charge on any atom is -0.237 e. The summed E-state index contributed by atoms with van der Waals surface area (Å²) in [6.45, 7) is 12.3. The Morgan fingerprint density at radius 1 is 1.14 bits per heavy atom.